The van der Waals surface area contributed by atoms with Gasteiger partial charge >= 0.3 is 5.97 Å². The summed E-state index contributed by atoms with van der Waals surface area (Å²) in [6, 6.07) is 3.30. The summed E-state index contributed by atoms with van der Waals surface area (Å²) in [7, 11) is 0. The number of benzene rings is 1. The van der Waals surface area contributed by atoms with Gasteiger partial charge in [0.05, 0.1) is 4.47 Å². The van der Waals surface area contributed by atoms with Crippen LogP contribution in [0, 0.1) is 0 Å². The topological polar surface area (TPSA) is 57.5 Å². The van der Waals surface area contributed by atoms with Crippen LogP contribution in [0.1, 0.15) is 5.56 Å². The van der Waals surface area contributed by atoms with Gasteiger partial charge in [0.25, 0.3) is 0 Å². The highest BCUT2D eigenvalue weighted by Gasteiger charge is 2.04. The van der Waals surface area contributed by atoms with E-state index in [1.165, 1.54) is 6.08 Å². The molecule has 0 bridgehead atoms. The van der Waals surface area contributed by atoms with E-state index >= 15 is 0 Å². The van der Waals surface area contributed by atoms with E-state index in [0.29, 0.717) is 10.0 Å². The van der Waals surface area contributed by atoms with E-state index in [9.17, 15) is 9.90 Å². The molecule has 5 heteroatoms. The Kier molecular flexibility index (Phi) is 3.71. The second kappa shape index (κ2) is 4.61. The van der Waals surface area contributed by atoms with Crippen LogP contribution in [0.3, 0.4) is 0 Å². The SMILES string of the molecule is O=C(O)C=Cc1cc(Br)cc(Br)c1O. The normalized spacial score (nSPS) is 10.7. The molecule has 0 radical (unpaired) electrons. The predicted octanol–water partition coefficient (Wildman–Crippen LogP) is 3.02. The number of aromatic hydroxyl groups is 1. The number of carbonyl (C=O) groups is 1. The van der Waals surface area contributed by atoms with Crippen LogP contribution in [0.25, 0.3) is 6.08 Å². The molecule has 1 rings (SSSR count). The first kappa shape index (κ1) is 11.3. The third kappa shape index (κ3) is 2.85. The molecule has 3 nitrogen and oxygen atoms in total. The van der Waals surface area contributed by atoms with Gasteiger partial charge in [0, 0.05) is 16.1 Å². The summed E-state index contributed by atoms with van der Waals surface area (Å²) < 4.78 is 1.27. The number of carboxylic acids is 1. The molecule has 0 fully saturated rings. The summed E-state index contributed by atoms with van der Waals surface area (Å²) in [6.07, 6.45) is 2.29. The number of halogens is 2. The molecule has 2 N–H and O–H groups in total. The first-order valence-corrected chi connectivity index (χ1v) is 5.18. The van der Waals surface area contributed by atoms with Crippen LogP contribution < -0.4 is 0 Å². The second-order valence-electron chi connectivity index (χ2n) is 2.50. The van der Waals surface area contributed by atoms with Gasteiger partial charge in [-0.2, -0.15) is 0 Å². The molecule has 0 aliphatic carbocycles. The number of hydrogen-bond donors (Lipinski definition) is 2. The molecule has 1 aromatic carbocycles. The Morgan fingerprint density at radius 2 is 2.00 bits per heavy atom. The maximum Gasteiger partial charge on any atom is 0.328 e. The zero-order valence-electron chi connectivity index (χ0n) is 6.87. The van der Waals surface area contributed by atoms with E-state index in [0.717, 1.165) is 10.5 Å². The molecule has 0 saturated carbocycles. The fourth-order valence-electron chi connectivity index (χ4n) is 0.874. The Bertz CT molecular complexity index is 399. The Labute approximate surface area is 97.3 Å². The van der Waals surface area contributed by atoms with Gasteiger partial charge in [-0.3, -0.25) is 0 Å². The summed E-state index contributed by atoms with van der Waals surface area (Å²) in [5, 5.41) is 17.9. The molecule has 1 aromatic rings. The van der Waals surface area contributed by atoms with Crippen molar-refractivity contribution >= 4 is 43.9 Å². The van der Waals surface area contributed by atoms with Crippen molar-refractivity contribution in [2.75, 3.05) is 0 Å². The minimum Gasteiger partial charge on any atom is -0.506 e. The second-order valence-corrected chi connectivity index (χ2v) is 4.27. The van der Waals surface area contributed by atoms with E-state index in [4.69, 9.17) is 5.11 Å². The van der Waals surface area contributed by atoms with Crippen molar-refractivity contribution in [3.8, 4) is 5.75 Å². The maximum atomic E-state index is 10.3. The molecular formula is C9H6Br2O3. The Morgan fingerprint density at radius 3 is 2.57 bits per heavy atom. The van der Waals surface area contributed by atoms with Gasteiger partial charge in [0.2, 0.25) is 0 Å². The quantitative estimate of drug-likeness (QED) is 0.823. The first-order chi connectivity index (χ1) is 6.50. The van der Waals surface area contributed by atoms with Crippen LogP contribution in [0.5, 0.6) is 5.75 Å². The number of aliphatic carboxylic acids is 1. The molecule has 74 valence electrons. The zero-order chi connectivity index (χ0) is 10.7. The van der Waals surface area contributed by atoms with Crippen molar-refractivity contribution in [2.45, 2.75) is 0 Å². The number of hydrogen-bond acceptors (Lipinski definition) is 2. The molecule has 0 aliphatic heterocycles. The number of rotatable bonds is 2. The number of phenolic OH excluding ortho intramolecular Hbond substituents is 1. The average Bonchev–Trinajstić information content (AvgIpc) is 2.08. The predicted molar refractivity (Wildman–Crippen MR) is 60.2 cm³/mol. The summed E-state index contributed by atoms with van der Waals surface area (Å²) >= 11 is 6.37. The van der Waals surface area contributed by atoms with Crippen molar-refractivity contribution in [1.82, 2.24) is 0 Å². The maximum absolute atomic E-state index is 10.3. The molecule has 0 aliphatic rings. The molecule has 0 saturated heterocycles. The minimum atomic E-state index is -1.06. The lowest BCUT2D eigenvalue weighted by atomic mass is 10.2. The van der Waals surface area contributed by atoms with Crippen LogP contribution in [-0.4, -0.2) is 16.2 Å². The smallest absolute Gasteiger partial charge is 0.328 e. The van der Waals surface area contributed by atoms with Gasteiger partial charge < -0.3 is 10.2 Å². The van der Waals surface area contributed by atoms with Gasteiger partial charge in [-0.05, 0) is 34.1 Å². The van der Waals surface area contributed by atoms with E-state index < -0.39 is 5.97 Å². The molecule has 0 aromatic heterocycles. The fraction of sp³-hybridized carbons (Fsp3) is 0. The third-order valence-electron chi connectivity index (χ3n) is 1.46. The highest BCUT2D eigenvalue weighted by Crippen LogP contribution is 2.32. The molecule has 0 atom stereocenters. The van der Waals surface area contributed by atoms with E-state index in [2.05, 4.69) is 31.9 Å². The summed E-state index contributed by atoms with van der Waals surface area (Å²) in [4.78, 5) is 10.3. The van der Waals surface area contributed by atoms with E-state index in [1.54, 1.807) is 12.1 Å². The number of phenols is 1. The van der Waals surface area contributed by atoms with Gasteiger partial charge in [-0.25, -0.2) is 4.79 Å². The largest absolute Gasteiger partial charge is 0.506 e. The minimum absolute atomic E-state index is 0.0192. The lowest BCUT2D eigenvalue weighted by Gasteiger charge is -2.02. The number of carboxylic acid groups (broad SMARTS) is 1. The Balaban J connectivity index is 3.14. The van der Waals surface area contributed by atoms with Crippen LogP contribution in [0.15, 0.2) is 27.2 Å². The highest BCUT2D eigenvalue weighted by atomic mass is 79.9. The van der Waals surface area contributed by atoms with Gasteiger partial charge in [0.1, 0.15) is 5.75 Å². The van der Waals surface area contributed by atoms with Crippen LogP contribution >= 0.6 is 31.9 Å². The van der Waals surface area contributed by atoms with E-state index in [1.807, 2.05) is 0 Å². The van der Waals surface area contributed by atoms with Gasteiger partial charge in [-0.1, -0.05) is 15.9 Å². The summed E-state index contributed by atoms with van der Waals surface area (Å²) in [6.45, 7) is 0. The van der Waals surface area contributed by atoms with E-state index in [-0.39, 0.29) is 5.75 Å². The lowest BCUT2D eigenvalue weighted by Crippen LogP contribution is -1.86. The van der Waals surface area contributed by atoms with Gasteiger partial charge in [0.15, 0.2) is 0 Å². The van der Waals surface area contributed by atoms with Crippen LogP contribution in [0.2, 0.25) is 0 Å². The molecule has 0 amide bonds. The summed E-state index contributed by atoms with van der Waals surface area (Å²) in [5.74, 6) is -1.04. The van der Waals surface area contributed by atoms with Gasteiger partial charge in [-0.15, -0.1) is 0 Å². The lowest BCUT2D eigenvalue weighted by molar-refractivity contribution is -0.131. The van der Waals surface area contributed by atoms with Crippen molar-refractivity contribution in [3.05, 3.63) is 32.7 Å². The molecule has 0 spiro atoms. The highest BCUT2D eigenvalue weighted by molar-refractivity contribution is 9.11. The standard InChI is InChI=1S/C9H6Br2O3/c10-6-3-5(1-2-8(12)13)9(14)7(11)4-6/h1-4,14H,(H,12,13). The first-order valence-electron chi connectivity index (χ1n) is 3.59. The summed E-state index contributed by atoms with van der Waals surface area (Å²) in [5.41, 5.74) is 0.439. The Morgan fingerprint density at radius 1 is 1.36 bits per heavy atom. The zero-order valence-corrected chi connectivity index (χ0v) is 10.0. The third-order valence-corrected chi connectivity index (χ3v) is 2.53. The Hall–Kier alpha value is -0.810. The monoisotopic (exact) mass is 320 g/mol. The molecule has 0 heterocycles. The molecule has 0 unspecified atom stereocenters. The molecular weight excluding hydrogens is 316 g/mol. The van der Waals surface area contributed by atoms with Crippen molar-refractivity contribution in [3.63, 3.8) is 0 Å². The average molecular weight is 322 g/mol. The van der Waals surface area contributed by atoms with Crippen LogP contribution in [0.4, 0.5) is 0 Å². The van der Waals surface area contributed by atoms with Crippen molar-refractivity contribution in [1.29, 1.82) is 0 Å². The fourth-order valence-corrected chi connectivity index (χ4v) is 2.13. The molecule has 14 heavy (non-hydrogen) atoms. The van der Waals surface area contributed by atoms with Crippen LogP contribution in [-0.2, 0) is 4.79 Å². The van der Waals surface area contributed by atoms with Crippen molar-refractivity contribution in [2.24, 2.45) is 0 Å². The van der Waals surface area contributed by atoms with Crippen molar-refractivity contribution < 1.29 is 15.0 Å².